The molecule has 28 heavy (non-hydrogen) atoms. The minimum Gasteiger partial charge on any atom is -0.393 e. The van der Waals surface area contributed by atoms with Gasteiger partial charge in [0.05, 0.1) is 17.9 Å². The first-order chi connectivity index (χ1) is 12.9. The van der Waals surface area contributed by atoms with Gasteiger partial charge in [-0.2, -0.15) is 0 Å². The number of aliphatic hydroxyl groups excluding tert-OH is 2. The molecule has 0 aliphatic heterocycles. The SMILES string of the molecule is CC(O)CC(C)O.Cc1c[c-]c(-c2nccnc2-c2ccc(C)cc2)cc1.[Ir]. The second kappa shape index (κ2) is 11.8. The van der Waals surface area contributed by atoms with Crippen molar-refractivity contribution in [1.29, 1.82) is 0 Å². The molecular formula is C23H27IrN2O2-. The summed E-state index contributed by atoms with van der Waals surface area (Å²) in [5.74, 6) is 0. The van der Waals surface area contributed by atoms with Crippen LogP contribution in [0.15, 0.2) is 54.9 Å². The van der Waals surface area contributed by atoms with Gasteiger partial charge in [-0.15, -0.1) is 35.4 Å². The first-order valence-corrected chi connectivity index (χ1v) is 9.09. The molecule has 1 heterocycles. The van der Waals surface area contributed by atoms with E-state index in [-0.39, 0.29) is 32.3 Å². The second-order valence-electron chi connectivity index (χ2n) is 6.83. The van der Waals surface area contributed by atoms with Crippen LogP contribution in [0.5, 0.6) is 0 Å². The monoisotopic (exact) mass is 556 g/mol. The molecule has 4 nitrogen and oxygen atoms in total. The van der Waals surface area contributed by atoms with Crippen molar-refractivity contribution in [2.24, 2.45) is 0 Å². The van der Waals surface area contributed by atoms with Crippen LogP contribution in [-0.4, -0.2) is 32.4 Å². The normalized spacial score (nSPS) is 12.2. The van der Waals surface area contributed by atoms with Gasteiger partial charge in [0.25, 0.3) is 0 Å². The molecule has 1 radical (unpaired) electrons. The molecule has 2 aromatic carbocycles. The minimum atomic E-state index is -0.375. The number of rotatable bonds is 4. The van der Waals surface area contributed by atoms with Crippen LogP contribution in [0.4, 0.5) is 0 Å². The first kappa shape index (κ1) is 24.1. The smallest absolute Gasteiger partial charge is 0.0547 e. The van der Waals surface area contributed by atoms with Crippen LogP contribution in [0.25, 0.3) is 22.5 Å². The maximum Gasteiger partial charge on any atom is 0.0547 e. The standard InChI is InChI=1S/C18H15N2.C5H12O2.Ir/c1-13-3-7-15(8-4-13)17-18(20-12-11-19-17)16-9-5-14(2)6-10-16;1-4(6)3-5(2)7;/h3-9,11-12H,1-2H3;4-7H,3H2,1-2H3;/q-1;;. The summed E-state index contributed by atoms with van der Waals surface area (Å²) < 4.78 is 0. The maximum atomic E-state index is 8.56. The van der Waals surface area contributed by atoms with Crippen LogP contribution < -0.4 is 0 Å². The van der Waals surface area contributed by atoms with Gasteiger partial charge in [0, 0.05) is 38.2 Å². The van der Waals surface area contributed by atoms with Crippen LogP contribution >= 0.6 is 0 Å². The molecule has 0 amide bonds. The molecule has 3 rings (SSSR count). The number of benzene rings is 2. The predicted octanol–water partition coefficient (Wildman–Crippen LogP) is 4.36. The van der Waals surface area contributed by atoms with Gasteiger partial charge in [-0.3, -0.25) is 4.98 Å². The Bertz CT molecular complexity index is 761. The summed E-state index contributed by atoms with van der Waals surface area (Å²) in [4.78, 5) is 8.98. The molecule has 0 bridgehead atoms. The third kappa shape index (κ3) is 7.61. The van der Waals surface area contributed by atoms with Crippen LogP contribution in [0, 0.1) is 19.9 Å². The maximum absolute atomic E-state index is 8.56. The van der Waals surface area contributed by atoms with E-state index in [1.807, 2.05) is 12.1 Å². The second-order valence-corrected chi connectivity index (χ2v) is 6.83. The Morgan fingerprint density at radius 3 is 1.82 bits per heavy atom. The largest absolute Gasteiger partial charge is 0.393 e. The topological polar surface area (TPSA) is 66.2 Å². The first-order valence-electron chi connectivity index (χ1n) is 9.09. The molecular weight excluding hydrogens is 528 g/mol. The summed E-state index contributed by atoms with van der Waals surface area (Å²) in [6, 6.07) is 17.7. The molecule has 3 aromatic rings. The molecule has 5 heteroatoms. The fraction of sp³-hybridized carbons (Fsp3) is 0.304. The van der Waals surface area contributed by atoms with E-state index >= 15 is 0 Å². The third-order valence-corrected chi connectivity index (χ3v) is 3.93. The number of aromatic nitrogens is 2. The summed E-state index contributed by atoms with van der Waals surface area (Å²) in [5, 5.41) is 17.1. The van der Waals surface area contributed by atoms with Crippen molar-refractivity contribution in [3.63, 3.8) is 0 Å². The van der Waals surface area contributed by atoms with Crippen molar-refractivity contribution in [3.8, 4) is 22.5 Å². The van der Waals surface area contributed by atoms with E-state index in [1.54, 1.807) is 26.2 Å². The van der Waals surface area contributed by atoms with Gasteiger partial charge >= 0.3 is 0 Å². The predicted molar refractivity (Wildman–Crippen MR) is 109 cm³/mol. The van der Waals surface area contributed by atoms with Gasteiger partial charge in [-0.1, -0.05) is 36.8 Å². The van der Waals surface area contributed by atoms with E-state index in [4.69, 9.17) is 10.2 Å². The van der Waals surface area contributed by atoms with E-state index in [9.17, 15) is 0 Å². The molecule has 0 saturated heterocycles. The molecule has 1 aromatic heterocycles. The number of aliphatic hydroxyl groups is 2. The molecule has 151 valence electrons. The minimum absolute atomic E-state index is 0. The zero-order chi connectivity index (χ0) is 19.8. The third-order valence-electron chi connectivity index (χ3n) is 3.93. The average Bonchev–Trinajstić information content (AvgIpc) is 2.62. The van der Waals surface area contributed by atoms with Crippen molar-refractivity contribution in [3.05, 3.63) is 72.1 Å². The Morgan fingerprint density at radius 2 is 1.36 bits per heavy atom. The van der Waals surface area contributed by atoms with Crippen molar-refractivity contribution >= 4 is 0 Å². The number of hydrogen-bond donors (Lipinski definition) is 2. The van der Waals surface area contributed by atoms with E-state index in [0.29, 0.717) is 6.42 Å². The van der Waals surface area contributed by atoms with Gasteiger partial charge in [-0.25, -0.2) is 0 Å². The van der Waals surface area contributed by atoms with Gasteiger partial charge < -0.3 is 15.2 Å². The van der Waals surface area contributed by atoms with E-state index in [0.717, 1.165) is 22.5 Å². The van der Waals surface area contributed by atoms with Gasteiger partial charge in [0.15, 0.2) is 0 Å². The van der Waals surface area contributed by atoms with Crippen molar-refractivity contribution in [2.45, 2.75) is 46.3 Å². The summed E-state index contributed by atoms with van der Waals surface area (Å²) >= 11 is 0. The summed E-state index contributed by atoms with van der Waals surface area (Å²) in [6.07, 6.45) is 3.17. The van der Waals surface area contributed by atoms with Crippen molar-refractivity contribution in [2.75, 3.05) is 0 Å². The summed E-state index contributed by atoms with van der Waals surface area (Å²) in [6.45, 7) is 7.45. The van der Waals surface area contributed by atoms with Crippen LogP contribution in [0.3, 0.4) is 0 Å². The number of nitrogens with zero attached hydrogens (tertiary/aromatic N) is 2. The van der Waals surface area contributed by atoms with Gasteiger partial charge in [0.1, 0.15) is 0 Å². The molecule has 2 atom stereocenters. The number of hydrogen-bond acceptors (Lipinski definition) is 4. The van der Waals surface area contributed by atoms with Crippen LogP contribution in [-0.2, 0) is 20.1 Å². The average molecular weight is 556 g/mol. The van der Waals surface area contributed by atoms with E-state index in [1.165, 1.54) is 11.1 Å². The number of aryl methyl sites for hydroxylation is 2. The molecule has 0 saturated carbocycles. The van der Waals surface area contributed by atoms with E-state index < -0.39 is 0 Å². The Labute approximate surface area is 181 Å². The summed E-state index contributed by atoms with van der Waals surface area (Å²) in [7, 11) is 0. The van der Waals surface area contributed by atoms with E-state index in [2.05, 4.69) is 60.2 Å². The van der Waals surface area contributed by atoms with Crippen LogP contribution in [0.2, 0.25) is 0 Å². The molecule has 0 spiro atoms. The Kier molecular flexibility index (Phi) is 10.2. The Balaban J connectivity index is 0.000000425. The fourth-order valence-electron chi connectivity index (χ4n) is 2.60. The molecule has 0 fully saturated rings. The molecule has 0 aliphatic rings. The quantitative estimate of drug-likeness (QED) is 0.470. The fourth-order valence-corrected chi connectivity index (χ4v) is 2.60. The molecule has 0 aliphatic carbocycles. The summed E-state index contributed by atoms with van der Waals surface area (Å²) in [5.41, 5.74) is 6.24. The molecule has 2 unspecified atom stereocenters. The van der Waals surface area contributed by atoms with Crippen LogP contribution in [0.1, 0.15) is 31.4 Å². The van der Waals surface area contributed by atoms with Crippen molar-refractivity contribution in [1.82, 2.24) is 9.97 Å². The van der Waals surface area contributed by atoms with Gasteiger partial charge in [0.2, 0.25) is 0 Å². The zero-order valence-electron chi connectivity index (χ0n) is 16.7. The van der Waals surface area contributed by atoms with Gasteiger partial charge in [-0.05, 0) is 32.8 Å². The van der Waals surface area contributed by atoms with Crippen molar-refractivity contribution < 1.29 is 30.3 Å². The zero-order valence-corrected chi connectivity index (χ0v) is 19.1. The molecule has 2 N–H and O–H groups in total. The Morgan fingerprint density at radius 1 is 0.821 bits per heavy atom. The Hall–Kier alpha value is -1.91.